The number of anilines is 2. The summed E-state index contributed by atoms with van der Waals surface area (Å²) in [5.74, 6) is 0.578. The van der Waals surface area contributed by atoms with Crippen LogP contribution in [0.5, 0.6) is 0 Å². The molecule has 88 valence electrons. The third-order valence-corrected chi connectivity index (χ3v) is 2.62. The molecule has 0 atom stereocenters. The molecule has 0 amide bonds. The summed E-state index contributed by atoms with van der Waals surface area (Å²) in [5, 5.41) is 0.840. The van der Waals surface area contributed by atoms with Crippen molar-refractivity contribution >= 4 is 29.0 Å². The minimum atomic E-state index is 0.181. The molecule has 1 aromatic heterocycles. The first kappa shape index (κ1) is 11.3. The highest BCUT2D eigenvalue weighted by molar-refractivity contribution is 5.91. The number of hydrogen-bond donors (Lipinski definition) is 2. The molecule has 0 aliphatic carbocycles. The quantitative estimate of drug-likeness (QED) is 0.610. The van der Waals surface area contributed by atoms with Crippen molar-refractivity contribution in [1.82, 2.24) is 9.97 Å². The van der Waals surface area contributed by atoms with Gasteiger partial charge in [0.2, 0.25) is 5.95 Å². The minimum absolute atomic E-state index is 0.181. The molecule has 0 aliphatic rings. The van der Waals surface area contributed by atoms with Gasteiger partial charge in [-0.2, -0.15) is 4.98 Å². The number of hydrogen-bond acceptors (Lipinski definition) is 5. The van der Waals surface area contributed by atoms with E-state index in [0.29, 0.717) is 12.2 Å². The number of fused-ring (bicyclic) bond motifs is 1. The third-order valence-electron chi connectivity index (χ3n) is 2.62. The molecule has 0 spiro atoms. The zero-order chi connectivity index (χ0) is 12.3. The van der Waals surface area contributed by atoms with E-state index in [1.807, 2.05) is 18.2 Å². The molecule has 0 bridgehead atoms. The number of benzene rings is 1. The maximum atomic E-state index is 10.3. The number of aryl methyl sites for hydroxylation is 1. The molecular formula is C12H14N4O. The molecule has 1 heterocycles. The van der Waals surface area contributed by atoms with Gasteiger partial charge in [-0.15, -0.1) is 0 Å². The average Bonchev–Trinajstić information content (AvgIpc) is 2.28. The first-order valence-electron chi connectivity index (χ1n) is 5.46. The molecule has 5 heteroatoms. The Balaban J connectivity index is 2.45. The van der Waals surface area contributed by atoms with Crippen LogP contribution in [0.1, 0.15) is 18.4 Å². The third kappa shape index (κ3) is 2.33. The molecule has 1 aromatic carbocycles. The van der Waals surface area contributed by atoms with Crippen LogP contribution >= 0.6 is 0 Å². The van der Waals surface area contributed by atoms with Gasteiger partial charge in [0.25, 0.3) is 0 Å². The maximum Gasteiger partial charge on any atom is 0.222 e. The van der Waals surface area contributed by atoms with Crippen LogP contribution in [-0.2, 0) is 11.2 Å². The number of rotatable bonds is 4. The number of unbranched alkanes of at least 4 members (excludes halogenated alkanes) is 1. The topological polar surface area (TPSA) is 94.9 Å². The standard InChI is InChI=1S/C12H14N4O/c13-11-10-8(4-1-2-7-17)5-3-6-9(10)15-12(14)16-11/h3,5-7H,1-2,4H2,(H4,13,14,15,16). The van der Waals surface area contributed by atoms with Crippen molar-refractivity contribution in [3.05, 3.63) is 23.8 Å². The number of aromatic nitrogens is 2. The Morgan fingerprint density at radius 3 is 2.82 bits per heavy atom. The summed E-state index contributed by atoms with van der Waals surface area (Å²) < 4.78 is 0. The molecule has 4 N–H and O–H groups in total. The lowest BCUT2D eigenvalue weighted by molar-refractivity contribution is -0.107. The Morgan fingerprint density at radius 2 is 2.06 bits per heavy atom. The molecule has 5 nitrogen and oxygen atoms in total. The van der Waals surface area contributed by atoms with Gasteiger partial charge in [0.1, 0.15) is 12.1 Å². The van der Waals surface area contributed by atoms with E-state index >= 15 is 0 Å². The van der Waals surface area contributed by atoms with Gasteiger partial charge in [0.05, 0.1) is 5.52 Å². The van der Waals surface area contributed by atoms with Gasteiger partial charge < -0.3 is 16.3 Å². The molecule has 0 fully saturated rings. The van der Waals surface area contributed by atoms with Gasteiger partial charge in [0, 0.05) is 11.8 Å². The van der Waals surface area contributed by atoms with E-state index in [4.69, 9.17) is 11.5 Å². The zero-order valence-electron chi connectivity index (χ0n) is 9.39. The van der Waals surface area contributed by atoms with Crippen molar-refractivity contribution in [3.63, 3.8) is 0 Å². The second-order valence-electron chi connectivity index (χ2n) is 3.84. The smallest absolute Gasteiger partial charge is 0.222 e. The number of carbonyl (C=O) groups is 1. The molecule has 0 radical (unpaired) electrons. The highest BCUT2D eigenvalue weighted by Crippen LogP contribution is 2.24. The highest BCUT2D eigenvalue weighted by Gasteiger charge is 2.07. The van der Waals surface area contributed by atoms with Gasteiger partial charge in [-0.3, -0.25) is 0 Å². The molecule has 0 saturated carbocycles. The van der Waals surface area contributed by atoms with Crippen LogP contribution in [0.3, 0.4) is 0 Å². The van der Waals surface area contributed by atoms with Crippen molar-refractivity contribution in [1.29, 1.82) is 0 Å². The Morgan fingerprint density at radius 1 is 1.24 bits per heavy atom. The number of nitrogen functional groups attached to an aromatic ring is 2. The summed E-state index contributed by atoms with van der Waals surface area (Å²) in [7, 11) is 0. The van der Waals surface area contributed by atoms with Crippen molar-refractivity contribution < 1.29 is 4.79 Å². The van der Waals surface area contributed by atoms with E-state index in [1.54, 1.807) is 0 Å². The summed E-state index contributed by atoms with van der Waals surface area (Å²) >= 11 is 0. The fourth-order valence-corrected chi connectivity index (χ4v) is 1.89. The molecule has 17 heavy (non-hydrogen) atoms. The van der Waals surface area contributed by atoms with Crippen molar-refractivity contribution in [2.75, 3.05) is 11.5 Å². The lowest BCUT2D eigenvalue weighted by atomic mass is 10.0. The fraction of sp³-hybridized carbons (Fsp3) is 0.250. The van der Waals surface area contributed by atoms with Crippen LogP contribution in [-0.4, -0.2) is 16.3 Å². The Hall–Kier alpha value is -2.17. The largest absolute Gasteiger partial charge is 0.383 e. The molecule has 2 aromatic rings. The first-order chi connectivity index (χ1) is 8.22. The predicted octanol–water partition coefficient (Wildman–Crippen LogP) is 1.32. The number of aldehydes is 1. The monoisotopic (exact) mass is 230 g/mol. The van der Waals surface area contributed by atoms with E-state index in [2.05, 4.69) is 9.97 Å². The van der Waals surface area contributed by atoms with Crippen molar-refractivity contribution in [2.45, 2.75) is 19.3 Å². The summed E-state index contributed by atoms with van der Waals surface area (Å²) in [5.41, 5.74) is 13.2. The predicted molar refractivity (Wildman–Crippen MR) is 67.4 cm³/mol. The summed E-state index contributed by atoms with van der Waals surface area (Å²) in [6.07, 6.45) is 3.05. The second-order valence-corrected chi connectivity index (χ2v) is 3.84. The molecule has 0 aliphatic heterocycles. The first-order valence-corrected chi connectivity index (χ1v) is 5.46. The van der Waals surface area contributed by atoms with Crippen LogP contribution < -0.4 is 11.5 Å². The van der Waals surface area contributed by atoms with Crippen LogP contribution in [0.2, 0.25) is 0 Å². The number of nitrogens with two attached hydrogens (primary N) is 2. The van der Waals surface area contributed by atoms with Gasteiger partial charge in [0.15, 0.2) is 0 Å². The molecular weight excluding hydrogens is 216 g/mol. The van der Waals surface area contributed by atoms with E-state index in [-0.39, 0.29) is 5.95 Å². The SMILES string of the molecule is Nc1nc(N)c2c(CCCC=O)cccc2n1. The highest BCUT2D eigenvalue weighted by atomic mass is 16.1. The second kappa shape index (κ2) is 4.78. The Kier molecular flexibility index (Phi) is 3.18. The Labute approximate surface area is 98.9 Å². The number of nitrogens with zero attached hydrogens (tertiary/aromatic N) is 2. The number of carbonyl (C=O) groups excluding carboxylic acids is 1. The molecule has 2 rings (SSSR count). The van der Waals surface area contributed by atoms with E-state index < -0.39 is 0 Å². The normalized spacial score (nSPS) is 10.6. The average molecular weight is 230 g/mol. The van der Waals surface area contributed by atoms with Crippen molar-refractivity contribution in [3.8, 4) is 0 Å². The van der Waals surface area contributed by atoms with Gasteiger partial charge in [-0.25, -0.2) is 4.98 Å². The van der Waals surface area contributed by atoms with E-state index in [1.165, 1.54) is 0 Å². The van der Waals surface area contributed by atoms with Gasteiger partial charge in [-0.05, 0) is 24.5 Å². The maximum absolute atomic E-state index is 10.3. The van der Waals surface area contributed by atoms with Crippen molar-refractivity contribution in [2.24, 2.45) is 0 Å². The van der Waals surface area contributed by atoms with Gasteiger partial charge in [-0.1, -0.05) is 12.1 Å². The minimum Gasteiger partial charge on any atom is -0.383 e. The van der Waals surface area contributed by atoms with E-state index in [0.717, 1.165) is 35.6 Å². The molecule has 0 unspecified atom stereocenters. The Bertz CT molecular complexity index is 553. The van der Waals surface area contributed by atoms with Crippen LogP contribution in [0.15, 0.2) is 18.2 Å². The van der Waals surface area contributed by atoms with Crippen LogP contribution in [0.25, 0.3) is 10.9 Å². The van der Waals surface area contributed by atoms with E-state index in [9.17, 15) is 4.79 Å². The lowest BCUT2D eigenvalue weighted by Gasteiger charge is -2.07. The zero-order valence-corrected chi connectivity index (χ0v) is 9.39. The lowest BCUT2D eigenvalue weighted by Crippen LogP contribution is -2.02. The summed E-state index contributed by atoms with van der Waals surface area (Å²) in [6, 6.07) is 5.74. The van der Waals surface area contributed by atoms with Gasteiger partial charge >= 0.3 is 0 Å². The fourth-order valence-electron chi connectivity index (χ4n) is 1.89. The molecule has 0 saturated heterocycles. The summed E-state index contributed by atoms with van der Waals surface area (Å²) in [6.45, 7) is 0. The van der Waals surface area contributed by atoms with Crippen LogP contribution in [0, 0.1) is 0 Å². The van der Waals surface area contributed by atoms with Crippen LogP contribution in [0.4, 0.5) is 11.8 Å². The summed E-state index contributed by atoms with van der Waals surface area (Å²) in [4.78, 5) is 18.4.